The summed E-state index contributed by atoms with van der Waals surface area (Å²) in [5.41, 5.74) is 0.311. The molecule has 144 valence electrons. The first-order valence-electron chi connectivity index (χ1n) is 8.79. The normalized spacial score (nSPS) is 20.5. The third-order valence-corrected chi connectivity index (χ3v) is 3.93. The number of amides is 1. The van der Waals surface area contributed by atoms with Crippen LogP contribution in [-0.2, 0) is 20.9 Å². The van der Waals surface area contributed by atoms with Crippen LogP contribution in [0.25, 0.3) is 0 Å². The molecule has 1 aliphatic heterocycles. The molecular formula is C19H27FN2O4. The number of rotatable bonds is 5. The fourth-order valence-electron chi connectivity index (χ4n) is 2.70. The van der Waals surface area contributed by atoms with Crippen molar-refractivity contribution in [3.63, 3.8) is 0 Å². The second kappa shape index (κ2) is 8.98. The predicted molar refractivity (Wildman–Crippen MR) is 95.3 cm³/mol. The van der Waals surface area contributed by atoms with Crippen LogP contribution in [0.15, 0.2) is 30.3 Å². The molecule has 1 aliphatic rings. The van der Waals surface area contributed by atoms with Gasteiger partial charge < -0.3 is 19.7 Å². The Morgan fingerprint density at radius 3 is 2.58 bits per heavy atom. The van der Waals surface area contributed by atoms with Gasteiger partial charge in [0.2, 0.25) is 0 Å². The zero-order valence-corrected chi connectivity index (χ0v) is 15.5. The van der Waals surface area contributed by atoms with E-state index in [0.29, 0.717) is 13.0 Å². The molecule has 1 N–H and O–H groups in total. The highest BCUT2D eigenvalue weighted by Crippen LogP contribution is 2.16. The lowest BCUT2D eigenvalue weighted by Gasteiger charge is -2.34. The Morgan fingerprint density at radius 2 is 1.96 bits per heavy atom. The maximum Gasteiger partial charge on any atom is 0.410 e. The van der Waals surface area contributed by atoms with Crippen molar-refractivity contribution in [3.05, 3.63) is 35.9 Å². The lowest BCUT2D eigenvalue weighted by atomic mass is 10.0. The van der Waals surface area contributed by atoms with E-state index in [4.69, 9.17) is 9.47 Å². The van der Waals surface area contributed by atoms with Crippen molar-refractivity contribution in [1.82, 2.24) is 10.2 Å². The molecule has 2 atom stereocenters. The monoisotopic (exact) mass is 366 g/mol. The summed E-state index contributed by atoms with van der Waals surface area (Å²) in [6.07, 6.45) is -1.39. The molecule has 1 heterocycles. The van der Waals surface area contributed by atoms with Gasteiger partial charge in [0, 0.05) is 12.6 Å². The van der Waals surface area contributed by atoms with Gasteiger partial charge in [0.1, 0.15) is 18.4 Å². The average Bonchev–Trinajstić information content (AvgIpc) is 2.58. The molecule has 0 aliphatic carbocycles. The zero-order valence-electron chi connectivity index (χ0n) is 15.5. The summed E-state index contributed by atoms with van der Waals surface area (Å²) in [5, 5.41) is 2.88. The summed E-state index contributed by atoms with van der Waals surface area (Å²) in [6, 6.07) is 8.84. The minimum atomic E-state index is -1.27. The van der Waals surface area contributed by atoms with Crippen molar-refractivity contribution in [1.29, 1.82) is 0 Å². The molecule has 2 unspecified atom stereocenters. The number of hydrogen-bond donors (Lipinski definition) is 1. The van der Waals surface area contributed by atoms with Crippen molar-refractivity contribution in [3.8, 4) is 0 Å². The van der Waals surface area contributed by atoms with Crippen LogP contribution in [0.2, 0.25) is 0 Å². The Bertz CT molecular complexity index is 603. The van der Waals surface area contributed by atoms with Crippen LogP contribution in [0, 0.1) is 0 Å². The van der Waals surface area contributed by atoms with Gasteiger partial charge in [0.05, 0.1) is 13.1 Å². The minimum absolute atomic E-state index is 0.0548. The second-order valence-electron chi connectivity index (χ2n) is 7.36. The van der Waals surface area contributed by atoms with E-state index >= 15 is 0 Å². The van der Waals surface area contributed by atoms with Crippen molar-refractivity contribution in [2.45, 2.75) is 51.6 Å². The van der Waals surface area contributed by atoms with Gasteiger partial charge in [-0.15, -0.1) is 0 Å². The number of halogens is 1. The average molecular weight is 366 g/mol. The molecule has 1 aromatic carbocycles. The van der Waals surface area contributed by atoms with Crippen molar-refractivity contribution in [2.75, 3.05) is 19.6 Å². The van der Waals surface area contributed by atoms with Crippen LogP contribution >= 0.6 is 0 Å². The fourth-order valence-corrected chi connectivity index (χ4v) is 2.70. The number of carbonyl (C=O) groups excluding carboxylic acids is 2. The van der Waals surface area contributed by atoms with Crippen LogP contribution in [0.4, 0.5) is 9.18 Å². The maximum absolute atomic E-state index is 14.3. The van der Waals surface area contributed by atoms with Gasteiger partial charge in [0.15, 0.2) is 0 Å². The fraction of sp³-hybridized carbons (Fsp3) is 0.579. The molecule has 0 saturated carbocycles. The minimum Gasteiger partial charge on any atom is -0.459 e. The van der Waals surface area contributed by atoms with E-state index in [0.717, 1.165) is 5.56 Å². The lowest BCUT2D eigenvalue weighted by molar-refractivity contribution is -0.153. The van der Waals surface area contributed by atoms with Crippen molar-refractivity contribution in [2.24, 2.45) is 0 Å². The standard InChI is InChI=1S/C19H27FN2O4/c1-19(2,3)26-17(23)11-21-16-9-10-22(12-15(16)20)18(24)25-13-14-7-5-4-6-8-14/h4-8,15-16,21H,9-13H2,1-3H3. The Balaban J connectivity index is 1.73. The predicted octanol–water partition coefficient (Wildman–Crippen LogP) is 2.67. The topological polar surface area (TPSA) is 67.9 Å². The largest absolute Gasteiger partial charge is 0.459 e. The van der Waals surface area contributed by atoms with Gasteiger partial charge in [0.25, 0.3) is 0 Å². The second-order valence-corrected chi connectivity index (χ2v) is 7.36. The highest BCUT2D eigenvalue weighted by molar-refractivity contribution is 5.72. The van der Waals surface area contributed by atoms with Gasteiger partial charge in [-0.25, -0.2) is 9.18 Å². The molecule has 0 aromatic heterocycles. The van der Waals surface area contributed by atoms with E-state index in [1.165, 1.54) is 4.90 Å². The number of ether oxygens (including phenoxy) is 2. The number of alkyl halides is 1. The van der Waals surface area contributed by atoms with Crippen molar-refractivity contribution >= 4 is 12.1 Å². The molecule has 6 nitrogen and oxygen atoms in total. The summed E-state index contributed by atoms with van der Waals surface area (Å²) in [6.45, 7) is 5.76. The Hall–Kier alpha value is -2.15. The first kappa shape index (κ1) is 20.2. The van der Waals surface area contributed by atoms with Crippen LogP contribution < -0.4 is 5.32 Å². The van der Waals surface area contributed by atoms with Crippen LogP contribution in [0.5, 0.6) is 0 Å². The first-order valence-corrected chi connectivity index (χ1v) is 8.79. The molecule has 1 fully saturated rings. The third-order valence-electron chi connectivity index (χ3n) is 3.93. The molecule has 1 amide bonds. The number of piperidine rings is 1. The molecular weight excluding hydrogens is 339 g/mol. The van der Waals surface area contributed by atoms with Crippen LogP contribution in [0.3, 0.4) is 0 Å². The SMILES string of the molecule is CC(C)(C)OC(=O)CNC1CCN(C(=O)OCc2ccccc2)CC1F. The Labute approximate surface area is 153 Å². The van der Waals surface area contributed by atoms with E-state index in [9.17, 15) is 14.0 Å². The lowest BCUT2D eigenvalue weighted by Crippen LogP contribution is -2.53. The number of hydrogen-bond acceptors (Lipinski definition) is 5. The summed E-state index contributed by atoms with van der Waals surface area (Å²) in [4.78, 5) is 25.2. The molecule has 0 spiro atoms. The molecule has 1 saturated heterocycles. The number of likely N-dealkylation sites (tertiary alicyclic amines) is 1. The van der Waals surface area contributed by atoms with Gasteiger partial charge in [-0.2, -0.15) is 0 Å². The van der Waals surface area contributed by atoms with Gasteiger partial charge in [-0.05, 0) is 32.8 Å². The van der Waals surface area contributed by atoms with Gasteiger partial charge >= 0.3 is 12.1 Å². The van der Waals surface area contributed by atoms with Gasteiger partial charge in [-0.1, -0.05) is 30.3 Å². The van der Waals surface area contributed by atoms with E-state index in [1.54, 1.807) is 20.8 Å². The van der Waals surface area contributed by atoms with E-state index in [-0.39, 0.29) is 19.7 Å². The summed E-state index contributed by atoms with van der Waals surface area (Å²) in [7, 11) is 0. The highest BCUT2D eigenvalue weighted by Gasteiger charge is 2.32. The van der Waals surface area contributed by atoms with Gasteiger partial charge in [-0.3, -0.25) is 4.79 Å². The molecule has 0 radical (unpaired) electrons. The number of esters is 1. The quantitative estimate of drug-likeness (QED) is 0.812. The van der Waals surface area contributed by atoms with E-state index < -0.39 is 29.9 Å². The highest BCUT2D eigenvalue weighted by atomic mass is 19.1. The zero-order chi connectivity index (χ0) is 19.2. The summed E-state index contributed by atoms with van der Waals surface area (Å²) < 4.78 is 24.8. The number of nitrogens with zero attached hydrogens (tertiary/aromatic N) is 1. The summed E-state index contributed by atoms with van der Waals surface area (Å²) >= 11 is 0. The number of carbonyl (C=O) groups is 2. The Morgan fingerprint density at radius 1 is 1.27 bits per heavy atom. The third kappa shape index (κ3) is 6.63. The molecule has 7 heteroatoms. The molecule has 26 heavy (non-hydrogen) atoms. The molecule has 0 bridgehead atoms. The van der Waals surface area contributed by atoms with Crippen LogP contribution in [0.1, 0.15) is 32.8 Å². The number of benzene rings is 1. The first-order chi connectivity index (χ1) is 12.2. The van der Waals surface area contributed by atoms with E-state index in [2.05, 4.69) is 5.32 Å². The maximum atomic E-state index is 14.3. The van der Waals surface area contributed by atoms with E-state index in [1.807, 2.05) is 30.3 Å². The molecule has 2 rings (SSSR count). The smallest absolute Gasteiger partial charge is 0.410 e. The van der Waals surface area contributed by atoms with Crippen LogP contribution in [-0.4, -0.2) is 54.4 Å². The number of nitrogens with one attached hydrogen (secondary N) is 1. The summed E-state index contributed by atoms with van der Waals surface area (Å²) in [5.74, 6) is -0.422. The van der Waals surface area contributed by atoms with Crippen molar-refractivity contribution < 1.29 is 23.5 Å². The Kier molecular flexibility index (Phi) is 6.97. The molecule has 1 aromatic rings.